The molecule has 1 aromatic carbocycles. The van der Waals surface area contributed by atoms with Crippen molar-refractivity contribution in [1.82, 2.24) is 20.2 Å². The number of nitrogens with one attached hydrogen (secondary N) is 2. The predicted molar refractivity (Wildman–Crippen MR) is 110 cm³/mol. The first kappa shape index (κ1) is 19.4. The fourth-order valence-electron chi connectivity index (χ4n) is 2.55. The molecule has 0 fully saturated rings. The molecule has 0 radical (unpaired) electrons. The fourth-order valence-corrected chi connectivity index (χ4v) is 2.71. The highest BCUT2D eigenvalue weighted by Crippen LogP contribution is 2.25. The minimum absolute atomic E-state index is 0.0440. The van der Waals surface area contributed by atoms with Crippen molar-refractivity contribution in [2.45, 2.75) is 20.3 Å². The summed E-state index contributed by atoms with van der Waals surface area (Å²) in [6.45, 7) is 7.43. The molecule has 0 amide bonds. The lowest BCUT2D eigenvalue weighted by molar-refractivity contribution is -0.114. The van der Waals surface area contributed by atoms with E-state index >= 15 is 0 Å². The highest BCUT2D eigenvalue weighted by molar-refractivity contribution is 6.29. The van der Waals surface area contributed by atoms with Gasteiger partial charge in [0.15, 0.2) is 10.9 Å². The van der Waals surface area contributed by atoms with Gasteiger partial charge in [0.05, 0.1) is 11.9 Å². The number of ketones is 1. The van der Waals surface area contributed by atoms with Crippen molar-refractivity contribution in [3.05, 3.63) is 71.2 Å². The van der Waals surface area contributed by atoms with E-state index in [0.29, 0.717) is 17.5 Å². The molecule has 0 saturated heterocycles. The largest absolute Gasteiger partial charge is 0.340 e. The molecule has 0 aliphatic carbocycles. The van der Waals surface area contributed by atoms with Crippen LogP contribution >= 0.6 is 11.6 Å². The Hall–Kier alpha value is -3.32. The Kier molecular flexibility index (Phi) is 5.96. The molecule has 142 valence electrons. The summed E-state index contributed by atoms with van der Waals surface area (Å²) in [6.07, 6.45) is 4.83. The van der Waals surface area contributed by atoms with E-state index in [9.17, 15) is 4.79 Å². The van der Waals surface area contributed by atoms with Gasteiger partial charge in [-0.2, -0.15) is 10.1 Å². The number of carbonyl (C=O) groups excluding carboxylic acids is 1. The van der Waals surface area contributed by atoms with E-state index in [4.69, 9.17) is 11.6 Å². The zero-order valence-corrected chi connectivity index (χ0v) is 16.3. The number of hydrogen-bond donors (Lipinski definition) is 2. The molecule has 3 aromatic rings. The van der Waals surface area contributed by atoms with Gasteiger partial charge in [-0.25, -0.2) is 4.98 Å². The zero-order chi connectivity index (χ0) is 20.1. The summed E-state index contributed by atoms with van der Waals surface area (Å²) < 4.78 is 0. The molecule has 0 spiro atoms. The Morgan fingerprint density at radius 3 is 2.79 bits per heavy atom. The molecular weight excluding hydrogens is 376 g/mol. The van der Waals surface area contributed by atoms with Crippen LogP contribution in [0.3, 0.4) is 0 Å². The molecule has 28 heavy (non-hydrogen) atoms. The van der Waals surface area contributed by atoms with E-state index in [0.717, 1.165) is 22.4 Å². The number of anilines is 4. The lowest BCUT2D eigenvalue weighted by Crippen LogP contribution is -2.06. The first-order chi connectivity index (χ1) is 13.4. The average molecular weight is 395 g/mol. The molecule has 0 saturated carbocycles. The van der Waals surface area contributed by atoms with Gasteiger partial charge in [0, 0.05) is 29.9 Å². The maximum atomic E-state index is 11.8. The second-order valence-electron chi connectivity index (χ2n) is 6.25. The van der Waals surface area contributed by atoms with Gasteiger partial charge in [0.1, 0.15) is 5.82 Å². The molecule has 0 bridgehead atoms. The molecule has 3 rings (SSSR count). The second-order valence-corrected chi connectivity index (χ2v) is 6.64. The first-order valence-corrected chi connectivity index (χ1v) is 8.93. The third-order valence-corrected chi connectivity index (χ3v) is 4.14. The van der Waals surface area contributed by atoms with Gasteiger partial charge in [-0.1, -0.05) is 35.9 Å². The number of benzene rings is 1. The van der Waals surface area contributed by atoms with Crippen molar-refractivity contribution in [3.8, 4) is 0 Å². The summed E-state index contributed by atoms with van der Waals surface area (Å²) in [7, 11) is 0. The number of aryl methyl sites for hydroxylation is 2. The van der Waals surface area contributed by atoms with Crippen LogP contribution in [-0.2, 0) is 11.2 Å². The van der Waals surface area contributed by atoms with Crippen molar-refractivity contribution in [2.24, 2.45) is 0 Å². The summed E-state index contributed by atoms with van der Waals surface area (Å²) in [5.41, 5.74) is 4.24. The molecule has 2 aromatic heterocycles. The summed E-state index contributed by atoms with van der Waals surface area (Å²) in [5.74, 6) is 0.965. The SMILES string of the molecule is C=CC(=O)Cc1cc(C)ccc1Nc1nc(Nc2cnnc(Cl)c2)ncc1C. The molecule has 7 nitrogen and oxygen atoms in total. The van der Waals surface area contributed by atoms with Crippen LogP contribution in [-0.4, -0.2) is 25.9 Å². The lowest BCUT2D eigenvalue weighted by atomic mass is 10.0. The summed E-state index contributed by atoms with van der Waals surface area (Å²) in [5, 5.41) is 14.1. The van der Waals surface area contributed by atoms with E-state index < -0.39 is 0 Å². The topological polar surface area (TPSA) is 92.7 Å². The maximum Gasteiger partial charge on any atom is 0.229 e. The molecule has 0 aliphatic rings. The van der Waals surface area contributed by atoms with Gasteiger partial charge >= 0.3 is 0 Å². The minimum Gasteiger partial charge on any atom is -0.340 e. The average Bonchev–Trinajstić information content (AvgIpc) is 2.66. The highest BCUT2D eigenvalue weighted by atomic mass is 35.5. The van der Waals surface area contributed by atoms with Crippen LogP contribution in [0.2, 0.25) is 5.15 Å². The Balaban J connectivity index is 1.88. The molecule has 0 atom stereocenters. The van der Waals surface area contributed by atoms with Gasteiger partial charge in [0.2, 0.25) is 5.95 Å². The zero-order valence-electron chi connectivity index (χ0n) is 15.5. The quantitative estimate of drug-likeness (QED) is 0.576. The Morgan fingerprint density at radius 2 is 2.04 bits per heavy atom. The second kappa shape index (κ2) is 8.58. The van der Waals surface area contributed by atoms with Crippen molar-refractivity contribution >= 4 is 40.5 Å². The Bertz CT molecular complexity index is 1040. The Morgan fingerprint density at radius 1 is 1.21 bits per heavy atom. The number of nitrogens with zero attached hydrogens (tertiary/aromatic N) is 4. The van der Waals surface area contributed by atoms with Crippen molar-refractivity contribution in [1.29, 1.82) is 0 Å². The van der Waals surface area contributed by atoms with Crippen molar-refractivity contribution in [2.75, 3.05) is 10.6 Å². The summed E-state index contributed by atoms with van der Waals surface area (Å²) in [6, 6.07) is 7.51. The smallest absolute Gasteiger partial charge is 0.229 e. The fraction of sp³-hybridized carbons (Fsp3) is 0.150. The van der Waals surface area contributed by atoms with Gasteiger partial charge in [-0.05, 0) is 31.6 Å². The van der Waals surface area contributed by atoms with E-state index in [2.05, 4.69) is 37.4 Å². The van der Waals surface area contributed by atoms with Crippen LogP contribution in [0, 0.1) is 13.8 Å². The monoisotopic (exact) mass is 394 g/mol. The molecular formula is C20H19ClN6O. The number of aromatic nitrogens is 4. The predicted octanol–water partition coefficient (Wildman–Crippen LogP) is 4.32. The normalized spacial score (nSPS) is 10.4. The highest BCUT2D eigenvalue weighted by Gasteiger charge is 2.10. The van der Waals surface area contributed by atoms with Crippen molar-refractivity contribution < 1.29 is 4.79 Å². The number of carbonyl (C=O) groups is 1. The number of hydrogen-bond acceptors (Lipinski definition) is 7. The third-order valence-electron chi connectivity index (χ3n) is 3.96. The molecule has 0 aliphatic heterocycles. The molecule has 2 N–H and O–H groups in total. The first-order valence-electron chi connectivity index (χ1n) is 8.55. The lowest BCUT2D eigenvalue weighted by Gasteiger charge is -2.14. The van der Waals surface area contributed by atoms with Gasteiger partial charge < -0.3 is 10.6 Å². The standard InChI is InChI=1S/C20H19ClN6O/c1-4-16(28)8-14-7-12(2)5-6-17(14)25-19-13(3)10-22-20(26-19)24-15-9-18(21)27-23-11-15/h4-7,9-11H,1,8H2,2-3H3,(H2,22,24,25,26,27). The van der Waals surface area contributed by atoms with Crippen LogP contribution < -0.4 is 10.6 Å². The summed E-state index contributed by atoms with van der Waals surface area (Å²) in [4.78, 5) is 20.7. The van der Waals surface area contributed by atoms with Gasteiger partial charge in [0.25, 0.3) is 0 Å². The van der Waals surface area contributed by atoms with E-state index in [-0.39, 0.29) is 17.4 Å². The summed E-state index contributed by atoms with van der Waals surface area (Å²) >= 11 is 5.86. The molecule has 0 unspecified atom stereocenters. The Labute approximate surface area is 167 Å². The maximum absolute atomic E-state index is 11.8. The third kappa shape index (κ3) is 4.89. The van der Waals surface area contributed by atoms with Crippen LogP contribution in [0.5, 0.6) is 0 Å². The van der Waals surface area contributed by atoms with Gasteiger partial charge in [-0.3, -0.25) is 4.79 Å². The minimum atomic E-state index is -0.0440. The van der Waals surface area contributed by atoms with E-state index in [1.807, 2.05) is 32.0 Å². The molecule has 8 heteroatoms. The number of halogens is 1. The van der Waals surface area contributed by atoms with Crippen LogP contribution in [0.15, 0.2) is 49.3 Å². The molecule has 2 heterocycles. The van der Waals surface area contributed by atoms with Crippen LogP contribution in [0.4, 0.5) is 23.1 Å². The number of allylic oxidation sites excluding steroid dienone is 1. The van der Waals surface area contributed by atoms with Crippen molar-refractivity contribution in [3.63, 3.8) is 0 Å². The number of rotatable bonds is 7. The van der Waals surface area contributed by atoms with E-state index in [1.165, 1.54) is 12.3 Å². The van der Waals surface area contributed by atoms with E-state index in [1.54, 1.807) is 12.3 Å². The van der Waals surface area contributed by atoms with Crippen LogP contribution in [0.1, 0.15) is 16.7 Å². The van der Waals surface area contributed by atoms with Crippen LogP contribution in [0.25, 0.3) is 0 Å². The van der Waals surface area contributed by atoms with Gasteiger partial charge in [-0.15, -0.1) is 5.10 Å².